The van der Waals surface area contributed by atoms with Gasteiger partial charge in [-0.15, -0.1) is 0 Å². The van der Waals surface area contributed by atoms with Crippen LogP contribution < -0.4 is 11.1 Å². The highest BCUT2D eigenvalue weighted by Gasteiger charge is 2.20. The van der Waals surface area contributed by atoms with E-state index in [1.165, 1.54) is 0 Å². The van der Waals surface area contributed by atoms with Crippen molar-refractivity contribution in [2.24, 2.45) is 11.1 Å². The minimum atomic E-state index is 0.0506. The van der Waals surface area contributed by atoms with E-state index in [2.05, 4.69) is 38.1 Å². The highest BCUT2D eigenvalue weighted by molar-refractivity contribution is 5.91. The molecule has 120 valence electrons. The van der Waals surface area contributed by atoms with E-state index >= 15 is 0 Å². The number of carbonyl (C=O) groups excluding carboxylic acids is 1. The summed E-state index contributed by atoms with van der Waals surface area (Å²) >= 11 is 0. The van der Waals surface area contributed by atoms with Gasteiger partial charge in [-0.3, -0.25) is 9.48 Å². The summed E-state index contributed by atoms with van der Waals surface area (Å²) in [5.74, 6) is 0.0506. The second-order valence-corrected chi connectivity index (χ2v) is 6.84. The molecule has 21 heavy (non-hydrogen) atoms. The van der Waals surface area contributed by atoms with Crippen LogP contribution in [-0.2, 0) is 4.79 Å². The van der Waals surface area contributed by atoms with Crippen LogP contribution in [0.15, 0.2) is 0 Å². The molecule has 5 nitrogen and oxygen atoms in total. The Labute approximate surface area is 128 Å². The van der Waals surface area contributed by atoms with Gasteiger partial charge in [0.1, 0.15) is 0 Å². The van der Waals surface area contributed by atoms with Crippen molar-refractivity contribution in [3.63, 3.8) is 0 Å². The third kappa shape index (κ3) is 4.84. The van der Waals surface area contributed by atoms with Crippen molar-refractivity contribution in [1.29, 1.82) is 0 Å². The predicted octanol–water partition coefficient (Wildman–Crippen LogP) is 3.17. The first-order valence-electron chi connectivity index (χ1n) is 7.73. The Morgan fingerprint density at radius 1 is 1.33 bits per heavy atom. The molecule has 0 unspecified atom stereocenters. The van der Waals surface area contributed by atoms with Crippen LogP contribution in [0, 0.1) is 19.3 Å². The average molecular weight is 294 g/mol. The quantitative estimate of drug-likeness (QED) is 0.811. The molecule has 0 aromatic carbocycles. The summed E-state index contributed by atoms with van der Waals surface area (Å²) in [5.41, 5.74) is 8.45. The summed E-state index contributed by atoms with van der Waals surface area (Å²) in [5, 5.41) is 7.50. The number of aryl methyl sites for hydroxylation is 1. The third-order valence-corrected chi connectivity index (χ3v) is 3.93. The third-order valence-electron chi connectivity index (χ3n) is 3.93. The summed E-state index contributed by atoms with van der Waals surface area (Å²) in [4.78, 5) is 12.2. The molecule has 0 aliphatic heterocycles. The molecule has 5 heteroatoms. The lowest BCUT2D eigenvalue weighted by atomic mass is 9.84. The zero-order chi connectivity index (χ0) is 16.2. The van der Waals surface area contributed by atoms with Crippen molar-refractivity contribution in [2.45, 2.75) is 66.8 Å². The first-order valence-corrected chi connectivity index (χ1v) is 7.73. The van der Waals surface area contributed by atoms with Crippen molar-refractivity contribution < 1.29 is 4.79 Å². The van der Waals surface area contributed by atoms with Gasteiger partial charge in [0.25, 0.3) is 0 Å². The standard InChI is InChI=1S/C16H30N4O/c1-11(2)20-13(4)15(12(3)19-20)18-14(21)7-8-16(5,6)9-10-17/h11H,7-10,17H2,1-6H3,(H,18,21). The number of hydrogen-bond donors (Lipinski definition) is 2. The number of nitrogens with two attached hydrogens (primary N) is 1. The summed E-state index contributed by atoms with van der Waals surface area (Å²) in [6.07, 6.45) is 2.29. The molecule has 1 rings (SSSR count). The Morgan fingerprint density at radius 3 is 2.43 bits per heavy atom. The lowest BCUT2D eigenvalue weighted by molar-refractivity contribution is -0.116. The molecule has 1 aromatic rings. The highest BCUT2D eigenvalue weighted by Crippen LogP contribution is 2.27. The number of rotatable bonds is 7. The Bertz CT molecular complexity index is 489. The normalized spacial score (nSPS) is 12.0. The van der Waals surface area contributed by atoms with Gasteiger partial charge >= 0.3 is 0 Å². The molecular weight excluding hydrogens is 264 g/mol. The monoisotopic (exact) mass is 294 g/mol. The number of hydrogen-bond acceptors (Lipinski definition) is 3. The highest BCUT2D eigenvalue weighted by atomic mass is 16.1. The van der Waals surface area contributed by atoms with Crippen LogP contribution in [-0.4, -0.2) is 22.2 Å². The Kier molecular flexibility index (Phi) is 5.96. The molecule has 0 saturated heterocycles. The fourth-order valence-electron chi connectivity index (χ4n) is 2.52. The first-order chi connectivity index (χ1) is 9.68. The molecule has 0 spiro atoms. The summed E-state index contributed by atoms with van der Waals surface area (Å²) < 4.78 is 1.95. The average Bonchev–Trinajstić information content (AvgIpc) is 2.64. The minimum Gasteiger partial charge on any atom is -0.330 e. The van der Waals surface area contributed by atoms with Gasteiger partial charge in [0.05, 0.1) is 17.1 Å². The van der Waals surface area contributed by atoms with Crippen LogP contribution in [0.25, 0.3) is 0 Å². The number of carbonyl (C=O) groups is 1. The number of amides is 1. The molecular formula is C16H30N4O. The SMILES string of the molecule is Cc1nn(C(C)C)c(C)c1NC(=O)CCC(C)(C)CCN. The molecule has 0 bridgehead atoms. The van der Waals surface area contributed by atoms with Crippen molar-refractivity contribution in [1.82, 2.24) is 9.78 Å². The Balaban J connectivity index is 2.68. The second kappa shape index (κ2) is 7.07. The maximum atomic E-state index is 12.2. The van der Waals surface area contributed by atoms with Crippen LogP contribution in [0.2, 0.25) is 0 Å². The van der Waals surface area contributed by atoms with E-state index in [9.17, 15) is 4.79 Å². The number of anilines is 1. The first kappa shape index (κ1) is 17.7. The zero-order valence-corrected chi connectivity index (χ0v) is 14.3. The lowest BCUT2D eigenvalue weighted by Gasteiger charge is -2.23. The van der Waals surface area contributed by atoms with Gasteiger partial charge in [0, 0.05) is 12.5 Å². The van der Waals surface area contributed by atoms with E-state index in [0.29, 0.717) is 13.0 Å². The molecule has 1 aromatic heterocycles. The van der Waals surface area contributed by atoms with E-state index in [-0.39, 0.29) is 17.4 Å². The van der Waals surface area contributed by atoms with Gasteiger partial charge in [-0.1, -0.05) is 13.8 Å². The largest absolute Gasteiger partial charge is 0.330 e. The van der Waals surface area contributed by atoms with Gasteiger partial charge in [-0.2, -0.15) is 5.10 Å². The fourth-order valence-corrected chi connectivity index (χ4v) is 2.52. The molecule has 1 heterocycles. The molecule has 1 amide bonds. The lowest BCUT2D eigenvalue weighted by Crippen LogP contribution is -2.21. The number of aromatic nitrogens is 2. The van der Waals surface area contributed by atoms with Crippen LogP contribution in [0.1, 0.15) is 64.4 Å². The van der Waals surface area contributed by atoms with Crippen LogP contribution >= 0.6 is 0 Å². The number of nitrogens with one attached hydrogen (secondary N) is 1. The maximum absolute atomic E-state index is 12.2. The van der Waals surface area contributed by atoms with E-state index < -0.39 is 0 Å². The molecule has 0 atom stereocenters. The van der Waals surface area contributed by atoms with Crippen LogP contribution in [0.5, 0.6) is 0 Å². The summed E-state index contributed by atoms with van der Waals surface area (Å²) in [7, 11) is 0. The van der Waals surface area contributed by atoms with E-state index in [1.54, 1.807) is 0 Å². The van der Waals surface area contributed by atoms with E-state index in [4.69, 9.17) is 5.73 Å². The van der Waals surface area contributed by atoms with Crippen molar-refractivity contribution in [3.05, 3.63) is 11.4 Å². The summed E-state index contributed by atoms with van der Waals surface area (Å²) in [6.45, 7) is 13.1. The van der Waals surface area contributed by atoms with Crippen molar-refractivity contribution in [2.75, 3.05) is 11.9 Å². The van der Waals surface area contributed by atoms with Gasteiger partial charge in [-0.05, 0) is 52.5 Å². The van der Waals surface area contributed by atoms with Crippen LogP contribution in [0.4, 0.5) is 5.69 Å². The molecule has 0 radical (unpaired) electrons. The molecule has 3 N–H and O–H groups in total. The van der Waals surface area contributed by atoms with Gasteiger partial charge in [-0.25, -0.2) is 0 Å². The fraction of sp³-hybridized carbons (Fsp3) is 0.750. The Morgan fingerprint density at radius 2 is 1.95 bits per heavy atom. The summed E-state index contributed by atoms with van der Waals surface area (Å²) in [6, 6.07) is 0.290. The Hall–Kier alpha value is -1.36. The maximum Gasteiger partial charge on any atom is 0.224 e. The van der Waals surface area contributed by atoms with E-state index in [0.717, 1.165) is 29.9 Å². The van der Waals surface area contributed by atoms with Gasteiger partial charge in [0.15, 0.2) is 0 Å². The molecule has 0 aliphatic rings. The topological polar surface area (TPSA) is 72.9 Å². The van der Waals surface area contributed by atoms with Gasteiger partial charge in [0.2, 0.25) is 5.91 Å². The minimum absolute atomic E-state index is 0.0506. The number of nitrogens with zero attached hydrogens (tertiary/aromatic N) is 2. The predicted molar refractivity (Wildman–Crippen MR) is 87.4 cm³/mol. The molecule has 0 fully saturated rings. The smallest absolute Gasteiger partial charge is 0.224 e. The molecule has 0 saturated carbocycles. The van der Waals surface area contributed by atoms with Crippen molar-refractivity contribution in [3.8, 4) is 0 Å². The second-order valence-electron chi connectivity index (χ2n) is 6.84. The molecule has 0 aliphatic carbocycles. The van der Waals surface area contributed by atoms with Gasteiger partial charge < -0.3 is 11.1 Å². The zero-order valence-electron chi connectivity index (χ0n) is 14.3. The van der Waals surface area contributed by atoms with E-state index in [1.807, 2.05) is 18.5 Å². The van der Waals surface area contributed by atoms with Crippen LogP contribution in [0.3, 0.4) is 0 Å². The van der Waals surface area contributed by atoms with Crippen molar-refractivity contribution >= 4 is 11.6 Å².